The van der Waals surface area contributed by atoms with Crippen LogP contribution in [0.2, 0.25) is 0 Å². The van der Waals surface area contributed by atoms with E-state index in [0.29, 0.717) is 69.2 Å². The van der Waals surface area contributed by atoms with Gasteiger partial charge < -0.3 is 64.1 Å². The van der Waals surface area contributed by atoms with Crippen molar-refractivity contribution < 1.29 is 87.2 Å². The summed E-state index contributed by atoms with van der Waals surface area (Å²) in [7, 11) is -14.0. The van der Waals surface area contributed by atoms with Crippen LogP contribution in [-0.2, 0) is 18.3 Å². The van der Waals surface area contributed by atoms with Gasteiger partial charge in [-0.25, -0.2) is 18.3 Å². The topological polar surface area (TPSA) is 216 Å². The number of Topliss-reactive ketones (excluding diaryl/α,β-unsaturated/α-hetero) is 1. The highest BCUT2D eigenvalue weighted by atomic mass is 35.5. The number of rotatable bonds is 15. The number of halogens is 1. The van der Waals surface area contributed by atoms with Gasteiger partial charge in [0.05, 0.1) is 28.3 Å². The van der Waals surface area contributed by atoms with E-state index in [0.717, 1.165) is 90.0 Å². The van der Waals surface area contributed by atoms with Crippen molar-refractivity contribution >= 4 is 57.4 Å². The predicted molar refractivity (Wildman–Crippen MR) is 401 cm³/mol. The number of carbonyl (C=O) groups excluding carboxylic acids is 1. The highest BCUT2D eigenvalue weighted by Gasteiger charge is 2.50. The largest absolute Gasteiger partial charge is 1.00 e. The molecule has 538 valence electrons. The Hall–Kier alpha value is -7.86. The molecule has 0 amide bonds. The van der Waals surface area contributed by atoms with Crippen LogP contribution >= 0.6 is 30.4 Å². The molecule has 0 saturated carbocycles. The molecule has 0 unspecified atom stereocenters. The van der Waals surface area contributed by atoms with Crippen molar-refractivity contribution in [2.24, 2.45) is 0 Å². The molecule has 8 bridgehead atoms. The smallest absolute Gasteiger partial charge is 0.462 e. The van der Waals surface area contributed by atoms with Crippen LogP contribution in [0.5, 0.6) is 46.0 Å². The van der Waals surface area contributed by atoms with Crippen LogP contribution in [0.3, 0.4) is 0 Å². The minimum atomic E-state index is -4.48. The molecule has 9 aromatic rings. The summed E-state index contributed by atoms with van der Waals surface area (Å²) in [6.07, 6.45) is 5.25. The fraction of sp³-hybridized carbons (Fsp3) is 0.321. The fourth-order valence-electron chi connectivity index (χ4n) is 14.5. The summed E-state index contributed by atoms with van der Waals surface area (Å²) in [6, 6.07) is 51.8. The summed E-state index contributed by atoms with van der Waals surface area (Å²) in [5.41, 5.74) is 9.88. The summed E-state index contributed by atoms with van der Waals surface area (Å²) < 4.78 is 124. The van der Waals surface area contributed by atoms with Gasteiger partial charge in [0.15, 0.2) is 0 Å². The van der Waals surface area contributed by atoms with Gasteiger partial charge in [-0.2, -0.15) is 0 Å². The summed E-state index contributed by atoms with van der Waals surface area (Å²) in [5.74, 6) is 0.631. The number of hydrogen-bond acceptors (Lipinski definition) is 15. The van der Waals surface area contributed by atoms with Crippen LogP contribution in [0.25, 0.3) is 0 Å². The van der Waals surface area contributed by atoms with Gasteiger partial charge >= 0.3 is 30.4 Å². The van der Waals surface area contributed by atoms with Gasteiger partial charge in [0.1, 0.15) is 52.0 Å². The maximum Gasteiger partial charge on any atom is 0.462 e. The molecule has 4 N–H and O–H groups in total. The van der Waals surface area contributed by atoms with E-state index in [-0.39, 0.29) is 70.2 Å². The molecule has 16 nitrogen and oxygen atoms in total. The van der Waals surface area contributed by atoms with Crippen LogP contribution in [0.1, 0.15) is 192 Å². The van der Waals surface area contributed by atoms with E-state index in [4.69, 9.17) is 46.4 Å². The average molecular weight is 1480 g/mol. The Morgan fingerprint density at radius 2 is 0.559 bits per heavy atom. The van der Waals surface area contributed by atoms with Crippen LogP contribution in [-0.4, -0.2) is 43.3 Å². The Bertz CT molecular complexity index is 4060. The molecular formula is C81H92ClNO15P4. The van der Waals surface area contributed by atoms with E-state index in [1.807, 2.05) is 102 Å². The third kappa shape index (κ3) is 14.2. The second-order valence-electron chi connectivity index (χ2n) is 26.1. The second kappa shape index (κ2) is 32.0. The molecule has 1 aliphatic carbocycles. The molecule has 0 fully saturated rings. The van der Waals surface area contributed by atoms with Crippen molar-refractivity contribution in [3.05, 3.63) is 248 Å². The molecule has 14 rings (SSSR count). The summed E-state index contributed by atoms with van der Waals surface area (Å²) >= 11 is 0. The Labute approximate surface area is 606 Å². The zero-order valence-corrected chi connectivity index (χ0v) is 64.5. The number of aliphatic hydroxyl groups excluding tert-OH is 2. The number of aliphatic hydroxyl groups is 2. The molecule has 0 radical (unpaired) electrons. The van der Waals surface area contributed by atoms with Crippen LogP contribution < -0.4 is 75.1 Å². The second-order valence-corrected chi connectivity index (χ2v) is 33.6. The highest BCUT2D eigenvalue weighted by Crippen LogP contribution is 2.68. The Morgan fingerprint density at radius 3 is 0.735 bits per heavy atom. The number of ketones is 1. The summed E-state index contributed by atoms with van der Waals surface area (Å²) in [5, 5.41) is 17.1. The number of nitrogens with two attached hydrogens (primary N) is 1. The molecule has 0 saturated heterocycles. The SMILES string of the molecule is CCCC1c2cc3c4c(C)c2OP(=O)(c2ccccc2)Oc2c1cc1c(c2C)OP(=O)(c2ccccc2)Oc2c(cc5c(c2C)OP(=O)(c2ccccc2)Oc2c(cc(c(c2C)OP(=O)(c2ccccc2)O4)C3CCC)C5CCC)C1CCC.CO.CO.C[NH2+][C@@H](C)C(=O)c1ccc(C)cc1.[Cl-]. The zero-order chi connectivity index (χ0) is 72.3. The molecule has 4 heterocycles. The fourth-order valence-corrected chi connectivity index (χ4v) is 21.5. The van der Waals surface area contributed by atoms with Gasteiger partial charge in [-0.15, -0.1) is 0 Å². The predicted octanol–water partition coefficient (Wildman–Crippen LogP) is 15.1. The number of aryl methyl sites for hydroxylation is 1. The quantitative estimate of drug-likeness (QED) is 0.0643. The van der Waals surface area contributed by atoms with E-state index in [1.165, 1.54) is 5.56 Å². The summed E-state index contributed by atoms with van der Waals surface area (Å²) in [6.45, 7) is 20.0. The lowest BCUT2D eigenvalue weighted by Crippen LogP contribution is -3.00. The van der Waals surface area contributed by atoms with Gasteiger partial charge in [0.2, 0.25) is 5.78 Å². The van der Waals surface area contributed by atoms with E-state index in [9.17, 15) is 4.79 Å². The third-order valence-electron chi connectivity index (χ3n) is 19.6. The molecule has 9 aromatic carbocycles. The lowest BCUT2D eigenvalue weighted by molar-refractivity contribution is -0.645. The van der Waals surface area contributed by atoms with Crippen LogP contribution in [0.4, 0.5) is 0 Å². The van der Waals surface area contributed by atoms with Crippen molar-refractivity contribution in [2.75, 3.05) is 21.3 Å². The van der Waals surface area contributed by atoms with Gasteiger partial charge in [-0.1, -0.05) is 156 Å². The first kappa shape index (κ1) is 76.8. The molecule has 0 spiro atoms. The number of benzene rings is 9. The number of quaternary nitrogens is 1. The van der Waals surface area contributed by atoms with Gasteiger partial charge in [0, 0.05) is 110 Å². The lowest BCUT2D eigenvalue weighted by atomic mass is 9.75. The number of carbonyl (C=O) groups is 1. The molecule has 21 heteroatoms. The Kier molecular flexibility index (Phi) is 24.1. The van der Waals surface area contributed by atoms with Crippen LogP contribution in [0, 0.1) is 34.6 Å². The minimum Gasteiger partial charge on any atom is -1.00 e. The van der Waals surface area contributed by atoms with Crippen molar-refractivity contribution in [1.82, 2.24) is 0 Å². The molecule has 102 heavy (non-hydrogen) atoms. The molecule has 0 aromatic heterocycles. The molecular weight excluding hydrogens is 1390 g/mol. The van der Waals surface area contributed by atoms with Crippen molar-refractivity contribution in [3.8, 4) is 46.0 Å². The van der Waals surface area contributed by atoms with Crippen LogP contribution in [0.15, 0.2) is 170 Å². The maximum absolute atomic E-state index is 16.6. The van der Waals surface area contributed by atoms with E-state index < -0.39 is 54.1 Å². The van der Waals surface area contributed by atoms with Crippen molar-refractivity contribution in [3.63, 3.8) is 0 Å². The first-order valence-corrected chi connectivity index (χ1v) is 41.1. The molecule has 5 aliphatic rings. The standard InChI is InChI=1S/C68H68O12P4.C11H15NO.2CH4O.ClH/c1-9-25-49-53-37-55-50(26-10-2)57-39-59-52(28-12-4)60-40-58-51(27-11-3)56-38-54(49)62-42(6)64(56)76-83(71,47-33-21-15-22-34-47)78-66(58)44(8)68(60)80-84(72,48-35-23-16-24-36-48)79-67(59)43(7)65(57)77-82(70,46-31-19-14-20-32-46)75-63(55)41(5)61(53)73-81(69,74-62)45-29-17-13-18-30-45;1-8-4-6-10(7-5-8)11(13)9(2)12-3;2*1-2;/h13-24,29-40,49-52H,9-12,25-28H2,1-8H3;4-7,9,12H,1-3H3;2*2H,1H3;1H/t;9-;;;/m.0.../s1. The third-order valence-corrected chi connectivity index (χ3v) is 26.7. The van der Waals surface area contributed by atoms with Gasteiger partial charge in [0.25, 0.3) is 0 Å². The normalized spacial score (nSPS) is 22.1. The zero-order valence-electron chi connectivity index (χ0n) is 60.2. The minimum absolute atomic E-state index is 0. The Morgan fingerprint density at radius 1 is 0.363 bits per heavy atom. The first-order valence-electron chi connectivity index (χ1n) is 34.9. The summed E-state index contributed by atoms with van der Waals surface area (Å²) in [4.78, 5) is 11.7. The van der Waals surface area contributed by atoms with Crippen molar-refractivity contribution in [2.45, 2.75) is 150 Å². The highest BCUT2D eigenvalue weighted by molar-refractivity contribution is 7.64. The van der Waals surface area contributed by atoms with Gasteiger partial charge in [-0.05, 0) is 140 Å². The average Bonchev–Trinajstić information content (AvgIpc) is 0.710. The monoisotopic (exact) mass is 1480 g/mol. The van der Waals surface area contributed by atoms with E-state index in [1.54, 1.807) is 97.1 Å². The molecule has 4 aliphatic heterocycles. The van der Waals surface area contributed by atoms with Crippen molar-refractivity contribution in [1.29, 1.82) is 0 Å². The maximum atomic E-state index is 16.6. The first-order chi connectivity index (χ1) is 48.7. The van der Waals surface area contributed by atoms with E-state index >= 15 is 18.3 Å². The lowest BCUT2D eigenvalue weighted by Gasteiger charge is -2.39. The van der Waals surface area contributed by atoms with Gasteiger partial charge in [-0.3, -0.25) is 4.79 Å². The molecule has 1 atom stereocenters. The van der Waals surface area contributed by atoms with E-state index in [2.05, 4.69) is 52.0 Å². The number of likely N-dealkylation sites (N-methyl/N-ethyl adjacent to an activating group) is 1. The number of hydrogen-bond donors (Lipinski definition) is 3. The Balaban J connectivity index is 0.000000555.